The Hall–Kier alpha value is -1.44. The van der Waals surface area contributed by atoms with Crippen LogP contribution in [0.2, 0.25) is 0 Å². The number of esters is 1. The van der Waals surface area contributed by atoms with Gasteiger partial charge in [0, 0.05) is 6.42 Å². The van der Waals surface area contributed by atoms with E-state index in [-0.39, 0.29) is 13.0 Å². The number of carbonyl (C=O) groups excluding carboxylic acids is 1. The van der Waals surface area contributed by atoms with E-state index in [4.69, 9.17) is 8.92 Å². The maximum atomic E-state index is 12.4. The zero-order valence-electron chi connectivity index (χ0n) is 12.3. The molecule has 1 aliphatic heterocycles. The summed E-state index contributed by atoms with van der Waals surface area (Å²) in [7, 11) is -3.93. The smallest absolute Gasteiger partial charge is 0.337 e. The fourth-order valence-electron chi connectivity index (χ4n) is 2.06. The van der Waals surface area contributed by atoms with Crippen LogP contribution in [0.25, 0.3) is 0 Å². The highest BCUT2D eigenvalue weighted by atomic mass is 32.2. The van der Waals surface area contributed by atoms with Crippen molar-refractivity contribution in [3.05, 3.63) is 35.9 Å². The molecule has 0 bridgehead atoms. The van der Waals surface area contributed by atoms with Crippen molar-refractivity contribution in [2.75, 3.05) is 6.61 Å². The van der Waals surface area contributed by atoms with E-state index in [2.05, 4.69) is 4.72 Å². The summed E-state index contributed by atoms with van der Waals surface area (Å²) < 4.78 is 35.5. The van der Waals surface area contributed by atoms with E-state index in [1.807, 2.05) is 30.3 Å². The molecule has 1 saturated heterocycles. The van der Waals surface area contributed by atoms with Gasteiger partial charge in [-0.2, -0.15) is 13.1 Å². The number of nitrogens with one attached hydrogen (secondary N) is 1. The molecule has 1 N–H and O–H groups in total. The molecule has 7 heteroatoms. The van der Waals surface area contributed by atoms with Crippen LogP contribution in [-0.4, -0.2) is 32.1 Å². The predicted octanol–water partition coefficient (Wildman–Crippen LogP) is 1.17. The van der Waals surface area contributed by atoms with Crippen LogP contribution in [-0.2, 0) is 30.4 Å². The minimum absolute atomic E-state index is 0.169. The molecule has 1 aromatic carbocycles. The number of hydrogen-bond donors (Lipinski definition) is 1. The first-order valence-corrected chi connectivity index (χ1v) is 7.98. The third-order valence-corrected chi connectivity index (χ3v) is 3.99. The van der Waals surface area contributed by atoms with Gasteiger partial charge in [0.2, 0.25) is 0 Å². The minimum atomic E-state index is -3.93. The Kier molecular flexibility index (Phi) is 4.10. The minimum Gasteiger partial charge on any atom is -0.458 e. The van der Waals surface area contributed by atoms with Crippen molar-refractivity contribution in [3.8, 4) is 0 Å². The number of ether oxygens (including phenoxy) is 1. The maximum Gasteiger partial charge on any atom is 0.337 e. The highest BCUT2D eigenvalue weighted by molar-refractivity contribution is 7.85. The van der Waals surface area contributed by atoms with Crippen molar-refractivity contribution in [3.63, 3.8) is 0 Å². The van der Waals surface area contributed by atoms with Crippen LogP contribution in [0.4, 0.5) is 0 Å². The molecular weight excluding hydrogens is 294 g/mol. The van der Waals surface area contributed by atoms with Crippen molar-refractivity contribution in [1.82, 2.24) is 4.72 Å². The molecule has 0 aromatic heterocycles. The number of rotatable bonds is 3. The first kappa shape index (κ1) is 15.9. The molecule has 0 spiro atoms. The van der Waals surface area contributed by atoms with E-state index < -0.39 is 27.4 Å². The fraction of sp³-hybridized carbons (Fsp3) is 0.500. The summed E-state index contributed by atoms with van der Waals surface area (Å²) in [6.07, 6.45) is 0.169. The molecule has 0 saturated carbocycles. The van der Waals surface area contributed by atoms with Crippen molar-refractivity contribution in [1.29, 1.82) is 0 Å². The molecule has 1 fully saturated rings. The Balaban J connectivity index is 2.30. The van der Waals surface area contributed by atoms with Gasteiger partial charge in [0.05, 0.1) is 6.61 Å². The standard InChI is InChI=1S/C14H19NO5S/c1-13(2,3)20-12(16)14(10-19-21(17,18)15-14)9-11-7-5-4-6-8-11/h4-8,15H,9-10H2,1-3H3/t14-/m1/s1. The van der Waals surface area contributed by atoms with Crippen LogP contribution in [0, 0.1) is 0 Å². The van der Waals surface area contributed by atoms with E-state index in [9.17, 15) is 13.2 Å². The summed E-state index contributed by atoms with van der Waals surface area (Å²) in [5, 5.41) is 0. The number of benzene rings is 1. The van der Waals surface area contributed by atoms with E-state index in [1.165, 1.54) is 0 Å². The highest BCUT2D eigenvalue weighted by Gasteiger charge is 2.51. The van der Waals surface area contributed by atoms with Gasteiger partial charge in [-0.3, -0.25) is 4.18 Å². The topological polar surface area (TPSA) is 81.7 Å². The maximum absolute atomic E-state index is 12.4. The fourth-order valence-corrected chi connectivity index (χ4v) is 3.16. The first-order valence-electron chi connectivity index (χ1n) is 6.58. The van der Waals surface area contributed by atoms with Crippen molar-refractivity contribution in [2.45, 2.75) is 38.3 Å². The highest BCUT2D eigenvalue weighted by Crippen LogP contribution is 2.25. The predicted molar refractivity (Wildman–Crippen MR) is 76.7 cm³/mol. The molecule has 6 nitrogen and oxygen atoms in total. The van der Waals surface area contributed by atoms with Gasteiger partial charge in [-0.1, -0.05) is 30.3 Å². The monoisotopic (exact) mass is 313 g/mol. The van der Waals surface area contributed by atoms with Crippen LogP contribution in [0.1, 0.15) is 26.3 Å². The van der Waals surface area contributed by atoms with Crippen LogP contribution in [0.5, 0.6) is 0 Å². The SMILES string of the molecule is CC(C)(C)OC(=O)[C@@]1(Cc2ccccc2)COS(=O)(=O)N1. The van der Waals surface area contributed by atoms with Gasteiger partial charge in [0.25, 0.3) is 0 Å². The normalized spacial score (nSPS) is 24.7. The lowest BCUT2D eigenvalue weighted by Gasteiger charge is -2.29. The largest absolute Gasteiger partial charge is 0.458 e. The quantitative estimate of drug-likeness (QED) is 0.847. The molecule has 0 aliphatic carbocycles. The Bertz CT molecular complexity index is 621. The van der Waals surface area contributed by atoms with Crippen LogP contribution in [0.3, 0.4) is 0 Å². The number of hydrogen-bond acceptors (Lipinski definition) is 5. The molecule has 1 heterocycles. The van der Waals surface area contributed by atoms with Gasteiger partial charge in [-0.15, -0.1) is 0 Å². The average molecular weight is 313 g/mol. The Morgan fingerprint density at radius 2 is 1.95 bits per heavy atom. The van der Waals surface area contributed by atoms with Crippen molar-refractivity contribution in [2.24, 2.45) is 0 Å². The molecule has 1 aromatic rings. The molecular formula is C14H19NO5S. The van der Waals surface area contributed by atoms with Crippen molar-refractivity contribution >= 4 is 16.3 Å². The zero-order chi connectivity index (χ0) is 15.7. The Morgan fingerprint density at radius 1 is 1.33 bits per heavy atom. The molecule has 2 rings (SSSR count). The van der Waals surface area contributed by atoms with Crippen molar-refractivity contribution < 1.29 is 22.1 Å². The van der Waals surface area contributed by atoms with Crippen LogP contribution in [0.15, 0.2) is 30.3 Å². The first-order chi connectivity index (χ1) is 9.62. The summed E-state index contributed by atoms with van der Waals surface area (Å²) in [4.78, 5) is 12.4. The summed E-state index contributed by atoms with van der Waals surface area (Å²) in [5.41, 5.74) is -1.32. The molecule has 21 heavy (non-hydrogen) atoms. The summed E-state index contributed by atoms with van der Waals surface area (Å²) in [6, 6.07) is 9.13. The van der Waals surface area contributed by atoms with E-state index >= 15 is 0 Å². The number of carbonyl (C=O) groups is 1. The lowest BCUT2D eigenvalue weighted by atomic mass is 9.92. The molecule has 0 unspecified atom stereocenters. The van der Waals surface area contributed by atoms with Gasteiger partial charge >= 0.3 is 16.3 Å². The van der Waals surface area contributed by atoms with Crippen LogP contribution >= 0.6 is 0 Å². The third kappa shape index (κ3) is 4.03. The van der Waals surface area contributed by atoms with Gasteiger partial charge < -0.3 is 4.74 Å². The van der Waals surface area contributed by atoms with Gasteiger partial charge in [0.15, 0.2) is 5.54 Å². The van der Waals surface area contributed by atoms with E-state index in [0.29, 0.717) is 0 Å². The van der Waals surface area contributed by atoms with Gasteiger partial charge in [-0.25, -0.2) is 4.79 Å². The zero-order valence-corrected chi connectivity index (χ0v) is 13.1. The second-order valence-corrected chi connectivity index (χ2v) is 7.41. The van der Waals surface area contributed by atoms with Gasteiger partial charge in [-0.05, 0) is 26.3 Å². The summed E-state index contributed by atoms with van der Waals surface area (Å²) in [5.74, 6) is -0.639. The lowest BCUT2D eigenvalue weighted by Crippen LogP contribution is -2.55. The summed E-state index contributed by atoms with van der Waals surface area (Å²) in [6.45, 7) is 4.90. The summed E-state index contributed by atoms with van der Waals surface area (Å²) >= 11 is 0. The van der Waals surface area contributed by atoms with E-state index in [0.717, 1.165) is 5.56 Å². The Labute approximate surface area is 124 Å². The molecule has 0 amide bonds. The molecule has 1 atom stereocenters. The average Bonchev–Trinajstić information content (AvgIpc) is 2.65. The molecule has 1 aliphatic rings. The molecule has 116 valence electrons. The molecule has 0 radical (unpaired) electrons. The van der Waals surface area contributed by atoms with Crippen LogP contribution < -0.4 is 4.72 Å². The lowest BCUT2D eigenvalue weighted by molar-refractivity contribution is -0.162. The third-order valence-electron chi connectivity index (χ3n) is 2.92. The second kappa shape index (κ2) is 5.40. The van der Waals surface area contributed by atoms with Gasteiger partial charge in [0.1, 0.15) is 5.60 Å². The Morgan fingerprint density at radius 3 is 2.43 bits per heavy atom. The van der Waals surface area contributed by atoms with E-state index in [1.54, 1.807) is 20.8 Å². The second-order valence-electron chi connectivity index (χ2n) is 6.06.